The molecule has 74 valence electrons. The monoisotopic (exact) mass is 185 g/mol. The van der Waals surface area contributed by atoms with Crippen LogP contribution in [0.3, 0.4) is 0 Å². The minimum atomic E-state index is -0.0921. The molecule has 0 amide bonds. The van der Waals surface area contributed by atoms with E-state index in [1.807, 2.05) is 20.9 Å². The van der Waals surface area contributed by atoms with Crippen molar-refractivity contribution in [2.75, 3.05) is 0 Å². The van der Waals surface area contributed by atoms with Crippen LogP contribution in [0, 0.1) is 0 Å². The van der Waals surface area contributed by atoms with Crippen molar-refractivity contribution in [3.05, 3.63) is 11.6 Å². The van der Waals surface area contributed by atoms with Crippen molar-refractivity contribution in [1.82, 2.24) is 14.8 Å². The molecule has 5 nitrogen and oxygen atoms in total. The first-order valence-electron chi connectivity index (χ1n) is 4.24. The summed E-state index contributed by atoms with van der Waals surface area (Å²) in [5.41, 5.74) is 0. The highest BCUT2D eigenvalue weighted by atomic mass is 16.5. The molecule has 0 atom stereocenters. The first-order chi connectivity index (χ1) is 6.15. The standard InChI is InChI=1S/C8H15N3O2/c1-6(2)13-5-8-10-9-7(4-12)11(8)3/h6,12H,4-5H2,1-3H3. The van der Waals surface area contributed by atoms with E-state index in [-0.39, 0.29) is 12.7 Å². The highest BCUT2D eigenvalue weighted by molar-refractivity contribution is 4.91. The van der Waals surface area contributed by atoms with E-state index in [9.17, 15) is 0 Å². The topological polar surface area (TPSA) is 60.2 Å². The van der Waals surface area contributed by atoms with E-state index < -0.39 is 0 Å². The van der Waals surface area contributed by atoms with Crippen LogP contribution in [0.4, 0.5) is 0 Å². The highest BCUT2D eigenvalue weighted by Crippen LogP contribution is 2.02. The Labute approximate surface area is 77.4 Å². The van der Waals surface area contributed by atoms with E-state index >= 15 is 0 Å². The van der Waals surface area contributed by atoms with Gasteiger partial charge in [-0.05, 0) is 13.8 Å². The SMILES string of the molecule is CC(C)OCc1nnc(CO)n1C. The molecule has 0 aromatic carbocycles. The van der Waals surface area contributed by atoms with Crippen molar-refractivity contribution in [2.24, 2.45) is 7.05 Å². The van der Waals surface area contributed by atoms with E-state index in [2.05, 4.69) is 10.2 Å². The van der Waals surface area contributed by atoms with Crippen LogP contribution in [-0.4, -0.2) is 26.0 Å². The van der Waals surface area contributed by atoms with Crippen molar-refractivity contribution in [2.45, 2.75) is 33.2 Å². The minimum absolute atomic E-state index is 0.0921. The van der Waals surface area contributed by atoms with Crippen LogP contribution in [0.25, 0.3) is 0 Å². The molecule has 1 aromatic rings. The molecule has 13 heavy (non-hydrogen) atoms. The lowest BCUT2D eigenvalue weighted by Gasteiger charge is -2.06. The second-order valence-electron chi connectivity index (χ2n) is 3.11. The van der Waals surface area contributed by atoms with Crippen LogP contribution in [-0.2, 0) is 25.0 Å². The smallest absolute Gasteiger partial charge is 0.158 e. The molecule has 0 saturated carbocycles. The molecule has 1 heterocycles. The number of ether oxygens (including phenoxy) is 1. The number of aromatic nitrogens is 3. The minimum Gasteiger partial charge on any atom is -0.388 e. The molecule has 0 aliphatic rings. The zero-order chi connectivity index (χ0) is 9.84. The number of hydrogen-bond acceptors (Lipinski definition) is 4. The zero-order valence-corrected chi connectivity index (χ0v) is 8.19. The molecule has 1 N–H and O–H groups in total. The average Bonchev–Trinajstić information content (AvgIpc) is 2.43. The number of aliphatic hydroxyl groups is 1. The molecule has 0 fully saturated rings. The normalized spacial score (nSPS) is 11.2. The molecular formula is C8H15N3O2. The third-order valence-corrected chi connectivity index (χ3v) is 1.74. The fraction of sp³-hybridized carbons (Fsp3) is 0.750. The summed E-state index contributed by atoms with van der Waals surface area (Å²) < 4.78 is 7.10. The molecule has 0 aliphatic carbocycles. The predicted molar refractivity (Wildman–Crippen MR) is 46.9 cm³/mol. The molecule has 1 aromatic heterocycles. The Morgan fingerprint density at radius 3 is 2.46 bits per heavy atom. The lowest BCUT2D eigenvalue weighted by atomic mass is 10.5. The summed E-state index contributed by atoms with van der Waals surface area (Å²) in [7, 11) is 1.81. The van der Waals surface area contributed by atoms with Gasteiger partial charge in [0, 0.05) is 7.05 Å². The average molecular weight is 185 g/mol. The number of aliphatic hydroxyl groups excluding tert-OH is 1. The first-order valence-corrected chi connectivity index (χ1v) is 4.24. The fourth-order valence-electron chi connectivity index (χ4n) is 0.903. The number of hydrogen-bond donors (Lipinski definition) is 1. The Balaban J connectivity index is 2.62. The van der Waals surface area contributed by atoms with Crippen LogP contribution >= 0.6 is 0 Å². The van der Waals surface area contributed by atoms with Gasteiger partial charge in [0.15, 0.2) is 11.6 Å². The van der Waals surface area contributed by atoms with Crippen LogP contribution in [0.1, 0.15) is 25.5 Å². The van der Waals surface area contributed by atoms with Gasteiger partial charge in [0.05, 0.1) is 6.10 Å². The van der Waals surface area contributed by atoms with Crippen molar-refractivity contribution in [1.29, 1.82) is 0 Å². The molecule has 1 rings (SSSR count). The number of rotatable bonds is 4. The van der Waals surface area contributed by atoms with Crippen molar-refractivity contribution in [3.8, 4) is 0 Å². The third kappa shape index (κ3) is 2.50. The van der Waals surface area contributed by atoms with Gasteiger partial charge in [0.1, 0.15) is 13.2 Å². The predicted octanol–water partition coefficient (Wildman–Crippen LogP) is 0.232. The highest BCUT2D eigenvalue weighted by Gasteiger charge is 2.07. The van der Waals surface area contributed by atoms with Gasteiger partial charge in [-0.2, -0.15) is 0 Å². The first kappa shape index (κ1) is 10.1. The molecule has 0 unspecified atom stereocenters. The quantitative estimate of drug-likeness (QED) is 0.729. The lowest BCUT2D eigenvalue weighted by molar-refractivity contribution is 0.0596. The Kier molecular flexibility index (Phi) is 3.39. The van der Waals surface area contributed by atoms with Gasteiger partial charge in [0.2, 0.25) is 0 Å². The Hall–Kier alpha value is -0.940. The summed E-state index contributed by atoms with van der Waals surface area (Å²) >= 11 is 0. The molecule has 0 bridgehead atoms. The second-order valence-corrected chi connectivity index (χ2v) is 3.11. The molecule has 0 aliphatic heterocycles. The maximum absolute atomic E-state index is 8.85. The Morgan fingerprint density at radius 1 is 1.38 bits per heavy atom. The molecule has 0 spiro atoms. The van der Waals surface area contributed by atoms with Gasteiger partial charge in [-0.15, -0.1) is 10.2 Å². The van der Waals surface area contributed by atoms with Crippen LogP contribution < -0.4 is 0 Å². The van der Waals surface area contributed by atoms with Crippen molar-refractivity contribution >= 4 is 0 Å². The van der Waals surface area contributed by atoms with Gasteiger partial charge >= 0.3 is 0 Å². The summed E-state index contributed by atoms with van der Waals surface area (Å²) in [4.78, 5) is 0. The lowest BCUT2D eigenvalue weighted by Crippen LogP contribution is -2.08. The summed E-state index contributed by atoms with van der Waals surface area (Å²) in [6.07, 6.45) is 0.175. The maximum Gasteiger partial charge on any atom is 0.158 e. The van der Waals surface area contributed by atoms with Gasteiger partial charge in [-0.25, -0.2) is 0 Å². The van der Waals surface area contributed by atoms with E-state index in [1.165, 1.54) is 0 Å². The third-order valence-electron chi connectivity index (χ3n) is 1.74. The van der Waals surface area contributed by atoms with E-state index in [0.29, 0.717) is 12.4 Å². The molecular weight excluding hydrogens is 170 g/mol. The number of nitrogens with zero attached hydrogens (tertiary/aromatic N) is 3. The van der Waals surface area contributed by atoms with E-state index in [1.54, 1.807) is 4.57 Å². The summed E-state index contributed by atoms with van der Waals surface area (Å²) in [6.45, 7) is 4.26. The largest absolute Gasteiger partial charge is 0.388 e. The van der Waals surface area contributed by atoms with Gasteiger partial charge in [-0.1, -0.05) is 0 Å². The Bertz CT molecular complexity index is 270. The van der Waals surface area contributed by atoms with Gasteiger partial charge in [0.25, 0.3) is 0 Å². The van der Waals surface area contributed by atoms with Gasteiger partial charge < -0.3 is 14.4 Å². The van der Waals surface area contributed by atoms with Crippen molar-refractivity contribution < 1.29 is 9.84 Å². The van der Waals surface area contributed by atoms with Crippen LogP contribution in [0.15, 0.2) is 0 Å². The molecule has 5 heteroatoms. The second kappa shape index (κ2) is 4.34. The maximum atomic E-state index is 8.85. The summed E-state index contributed by atoms with van der Waals surface area (Å²) in [5.74, 6) is 1.29. The van der Waals surface area contributed by atoms with E-state index in [4.69, 9.17) is 9.84 Å². The molecule has 0 radical (unpaired) electrons. The van der Waals surface area contributed by atoms with E-state index in [0.717, 1.165) is 5.82 Å². The van der Waals surface area contributed by atoms with Gasteiger partial charge in [-0.3, -0.25) is 0 Å². The van der Waals surface area contributed by atoms with Crippen molar-refractivity contribution in [3.63, 3.8) is 0 Å². The summed E-state index contributed by atoms with van der Waals surface area (Å²) in [6, 6.07) is 0. The molecule has 0 saturated heterocycles. The summed E-state index contributed by atoms with van der Waals surface area (Å²) in [5, 5.41) is 16.5. The zero-order valence-electron chi connectivity index (χ0n) is 8.19. The fourth-order valence-corrected chi connectivity index (χ4v) is 0.903. The van der Waals surface area contributed by atoms with Crippen LogP contribution in [0.5, 0.6) is 0 Å². The Morgan fingerprint density at radius 2 is 2.00 bits per heavy atom. The van der Waals surface area contributed by atoms with Crippen LogP contribution in [0.2, 0.25) is 0 Å².